The summed E-state index contributed by atoms with van der Waals surface area (Å²) in [7, 11) is 0. The van der Waals surface area contributed by atoms with Crippen molar-refractivity contribution in [3.63, 3.8) is 0 Å². The molecular formula is C24H25N3O3. The van der Waals surface area contributed by atoms with Crippen LogP contribution in [0.15, 0.2) is 78.9 Å². The van der Waals surface area contributed by atoms with E-state index in [0.717, 1.165) is 37.6 Å². The molecule has 3 aromatic rings. The second-order valence-corrected chi connectivity index (χ2v) is 7.24. The van der Waals surface area contributed by atoms with E-state index < -0.39 is 0 Å². The molecule has 1 aliphatic rings. The number of ether oxygens (including phenoxy) is 1. The number of aromatic hydroxyl groups is 1. The lowest BCUT2D eigenvalue weighted by molar-refractivity contribution is -0.117. The Labute approximate surface area is 176 Å². The summed E-state index contributed by atoms with van der Waals surface area (Å²) in [6.45, 7) is 3.62. The molecule has 0 bridgehead atoms. The molecule has 0 aliphatic carbocycles. The zero-order chi connectivity index (χ0) is 20.8. The van der Waals surface area contributed by atoms with Gasteiger partial charge in [-0.1, -0.05) is 30.3 Å². The molecule has 1 saturated heterocycles. The maximum Gasteiger partial charge on any atom is 0.238 e. The SMILES string of the molecule is O=C(CN1CCN(c2ccc(O)cc2)CC1)Nc1ccccc1Oc1ccccc1. The fourth-order valence-corrected chi connectivity index (χ4v) is 3.49. The molecule has 0 radical (unpaired) electrons. The Morgan fingerprint density at radius 2 is 1.53 bits per heavy atom. The van der Waals surface area contributed by atoms with Gasteiger partial charge in [-0.2, -0.15) is 0 Å². The van der Waals surface area contributed by atoms with E-state index in [2.05, 4.69) is 15.1 Å². The Balaban J connectivity index is 1.31. The number of piperazine rings is 1. The first-order valence-electron chi connectivity index (χ1n) is 10.1. The number of para-hydroxylation sites is 3. The predicted molar refractivity (Wildman–Crippen MR) is 118 cm³/mol. The van der Waals surface area contributed by atoms with Gasteiger partial charge in [0.15, 0.2) is 5.75 Å². The Hall–Kier alpha value is -3.51. The van der Waals surface area contributed by atoms with Crippen LogP contribution in [0.1, 0.15) is 0 Å². The van der Waals surface area contributed by atoms with E-state index in [1.165, 1.54) is 0 Å². The molecule has 1 fully saturated rings. The number of hydrogen-bond donors (Lipinski definition) is 2. The maximum atomic E-state index is 12.6. The lowest BCUT2D eigenvalue weighted by Crippen LogP contribution is -2.48. The number of hydrogen-bond acceptors (Lipinski definition) is 5. The number of amides is 1. The first-order chi connectivity index (χ1) is 14.7. The van der Waals surface area contributed by atoms with Crippen LogP contribution in [0.3, 0.4) is 0 Å². The van der Waals surface area contributed by atoms with Crippen LogP contribution in [0, 0.1) is 0 Å². The monoisotopic (exact) mass is 403 g/mol. The molecule has 4 rings (SSSR count). The first-order valence-corrected chi connectivity index (χ1v) is 10.1. The van der Waals surface area contributed by atoms with Crippen LogP contribution in [0.2, 0.25) is 0 Å². The fourth-order valence-electron chi connectivity index (χ4n) is 3.49. The van der Waals surface area contributed by atoms with Crippen molar-refractivity contribution in [2.24, 2.45) is 0 Å². The summed E-state index contributed by atoms with van der Waals surface area (Å²) in [6, 6.07) is 24.2. The smallest absolute Gasteiger partial charge is 0.238 e. The van der Waals surface area contributed by atoms with Crippen molar-refractivity contribution in [3.8, 4) is 17.2 Å². The van der Waals surface area contributed by atoms with Crippen molar-refractivity contribution in [1.29, 1.82) is 0 Å². The number of carbonyl (C=O) groups is 1. The summed E-state index contributed by atoms with van der Waals surface area (Å²) in [5, 5.41) is 12.4. The third-order valence-electron chi connectivity index (χ3n) is 5.09. The van der Waals surface area contributed by atoms with Gasteiger partial charge < -0.3 is 20.1 Å². The highest BCUT2D eigenvalue weighted by molar-refractivity contribution is 5.93. The van der Waals surface area contributed by atoms with Crippen LogP contribution in [0.25, 0.3) is 0 Å². The van der Waals surface area contributed by atoms with Crippen LogP contribution in [0.4, 0.5) is 11.4 Å². The number of rotatable bonds is 6. The molecule has 0 saturated carbocycles. The zero-order valence-electron chi connectivity index (χ0n) is 16.7. The second-order valence-electron chi connectivity index (χ2n) is 7.24. The number of anilines is 2. The third kappa shape index (κ3) is 5.10. The quantitative estimate of drug-likeness (QED) is 0.653. The summed E-state index contributed by atoms with van der Waals surface area (Å²) in [6.07, 6.45) is 0. The summed E-state index contributed by atoms with van der Waals surface area (Å²) in [4.78, 5) is 17.0. The van der Waals surface area contributed by atoms with Gasteiger partial charge in [0.2, 0.25) is 5.91 Å². The van der Waals surface area contributed by atoms with Crippen molar-refractivity contribution in [2.75, 3.05) is 42.9 Å². The predicted octanol–water partition coefficient (Wildman–Crippen LogP) is 3.95. The number of benzene rings is 3. The minimum absolute atomic E-state index is 0.0582. The molecule has 2 N–H and O–H groups in total. The third-order valence-corrected chi connectivity index (χ3v) is 5.09. The minimum Gasteiger partial charge on any atom is -0.508 e. The summed E-state index contributed by atoms with van der Waals surface area (Å²) in [5.74, 6) is 1.56. The molecule has 6 nitrogen and oxygen atoms in total. The molecular weight excluding hydrogens is 378 g/mol. The number of carbonyl (C=O) groups excluding carboxylic acids is 1. The lowest BCUT2D eigenvalue weighted by atomic mass is 10.2. The van der Waals surface area contributed by atoms with Gasteiger partial charge >= 0.3 is 0 Å². The highest BCUT2D eigenvalue weighted by atomic mass is 16.5. The van der Waals surface area contributed by atoms with Gasteiger partial charge in [0.25, 0.3) is 0 Å². The van der Waals surface area contributed by atoms with E-state index >= 15 is 0 Å². The second kappa shape index (κ2) is 9.33. The molecule has 154 valence electrons. The molecule has 6 heteroatoms. The first kappa shape index (κ1) is 19.8. The van der Waals surface area contributed by atoms with Gasteiger partial charge in [0, 0.05) is 31.9 Å². The van der Waals surface area contributed by atoms with E-state index in [-0.39, 0.29) is 11.7 Å². The van der Waals surface area contributed by atoms with Crippen molar-refractivity contribution < 1.29 is 14.6 Å². The molecule has 0 spiro atoms. The fraction of sp³-hybridized carbons (Fsp3) is 0.208. The lowest BCUT2D eigenvalue weighted by Gasteiger charge is -2.35. The normalized spacial score (nSPS) is 14.3. The molecule has 1 heterocycles. The molecule has 0 aromatic heterocycles. The molecule has 1 amide bonds. The summed E-state index contributed by atoms with van der Waals surface area (Å²) < 4.78 is 5.92. The maximum absolute atomic E-state index is 12.6. The number of nitrogens with one attached hydrogen (secondary N) is 1. The van der Waals surface area contributed by atoms with Crippen molar-refractivity contribution >= 4 is 17.3 Å². The highest BCUT2D eigenvalue weighted by Gasteiger charge is 2.20. The average Bonchev–Trinajstić information content (AvgIpc) is 2.77. The van der Waals surface area contributed by atoms with E-state index in [0.29, 0.717) is 18.0 Å². The van der Waals surface area contributed by atoms with E-state index in [9.17, 15) is 9.90 Å². The molecule has 1 aliphatic heterocycles. The van der Waals surface area contributed by atoms with E-state index in [1.807, 2.05) is 66.7 Å². The van der Waals surface area contributed by atoms with Crippen LogP contribution in [-0.4, -0.2) is 48.6 Å². The van der Waals surface area contributed by atoms with Gasteiger partial charge in [-0.05, 0) is 48.5 Å². The number of phenolic OH excluding ortho intramolecular Hbond substituents is 1. The zero-order valence-corrected chi connectivity index (χ0v) is 16.7. The van der Waals surface area contributed by atoms with Crippen LogP contribution < -0.4 is 15.0 Å². The van der Waals surface area contributed by atoms with Crippen molar-refractivity contribution in [2.45, 2.75) is 0 Å². The summed E-state index contributed by atoms with van der Waals surface area (Å²) >= 11 is 0. The van der Waals surface area contributed by atoms with Crippen LogP contribution in [0.5, 0.6) is 17.2 Å². The Morgan fingerprint density at radius 1 is 0.867 bits per heavy atom. The van der Waals surface area contributed by atoms with Crippen molar-refractivity contribution in [1.82, 2.24) is 4.90 Å². The van der Waals surface area contributed by atoms with Gasteiger partial charge in [-0.15, -0.1) is 0 Å². The van der Waals surface area contributed by atoms with Crippen LogP contribution >= 0.6 is 0 Å². The molecule has 3 aromatic carbocycles. The average molecular weight is 403 g/mol. The van der Waals surface area contributed by atoms with Gasteiger partial charge in [0.05, 0.1) is 12.2 Å². The minimum atomic E-state index is -0.0582. The largest absolute Gasteiger partial charge is 0.508 e. The Kier molecular flexibility index (Phi) is 6.15. The van der Waals surface area contributed by atoms with E-state index in [1.54, 1.807) is 12.1 Å². The van der Waals surface area contributed by atoms with E-state index in [4.69, 9.17) is 4.74 Å². The molecule has 0 unspecified atom stereocenters. The van der Waals surface area contributed by atoms with Gasteiger partial charge in [0.1, 0.15) is 11.5 Å². The summed E-state index contributed by atoms with van der Waals surface area (Å²) in [5.41, 5.74) is 1.75. The molecule has 30 heavy (non-hydrogen) atoms. The van der Waals surface area contributed by atoms with Crippen molar-refractivity contribution in [3.05, 3.63) is 78.9 Å². The Bertz CT molecular complexity index is 969. The molecule has 0 atom stereocenters. The van der Waals surface area contributed by atoms with Crippen LogP contribution in [-0.2, 0) is 4.79 Å². The topological polar surface area (TPSA) is 65.0 Å². The van der Waals surface area contributed by atoms with Gasteiger partial charge in [-0.25, -0.2) is 0 Å². The number of phenols is 1. The Morgan fingerprint density at radius 3 is 2.27 bits per heavy atom. The standard InChI is InChI=1S/C24H25N3O3/c28-20-12-10-19(11-13-20)27-16-14-26(15-17-27)18-24(29)25-22-8-4-5-9-23(22)30-21-6-2-1-3-7-21/h1-13,28H,14-18H2,(H,25,29). The van der Waals surface area contributed by atoms with Gasteiger partial charge in [-0.3, -0.25) is 9.69 Å². The number of nitrogens with zero attached hydrogens (tertiary/aromatic N) is 2. The highest BCUT2D eigenvalue weighted by Crippen LogP contribution is 2.29.